The van der Waals surface area contributed by atoms with Crippen molar-refractivity contribution in [3.05, 3.63) is 59.3 Å². The average molecular weight is 434 g/mol. The summed E-state index contributed by atoms with van der Waals surface area (Å²) in [6, 6.07) is 11.6. The number of hydrogen-bond acceptors (Lipinski definition) is 6. The van der Waals surface area contributed by atoms with Gasteiger partial charge in [-0.25, -0.2) is 9.78 Å². The molecule has 0 radical (unpaired) electrons. The van der Waals surface area contributed by atoms with E-state index in [0.29, 0.717) is 25.1 Å². The number of ether oxygens (including phenoxy) is 1. The molecule has 2 aromatic rings. The smallest absolute Gasteiger partial charge is 0.339 e. The van der Waals surface area contributed by atoms with E-state index >= 15 is 0 Å². The van der Waals surface area contributed by atoms with Crippen molar-refractivity contribution >= 4 is 17.7 Å². The third kappa shape index (κ3) is 2.94. The molecule has 6 rings (SSSR count). The van der Waals surface area contributed by atoms with E-state index in [-0.39, 0.29) is 18.0 Å². The zero-order valence-electron chi connectivity index (χ0n) is 18.0. The highest BCUT2D eigenvalue weighted by Gasteiger charge is 2.57. The van der Waals surface area contributed by atoms with Crippen molar-refractivity contribution < 1.29 is 19.4 Å². The molecule has 7 nitrogen and oxygen atoms in total. The van der Waals surface area contributed by atoms with Gasteiger partial charge in [0.25, 0.3) is 0 Å². The van der Waals surface area contributed by atoms with Crippen LogP contribution in [-0.4, -0.2) is 59.1 Å². The van der Waals surface area contributed by atoms with E-state index in [1.165, 1.54) is 0 Å². The van der Waals surface area contributed by atoms with Crippen LogP contribution in [0, 0.1) is 0 Å². The number of hydrogen-bond donors (Lipinski definition) is 1. The predicted molar refractivity (Wildman–Crippen MR) is 117 cm³/mol. The molecule has 1 aromatic heterocycles. The van der Waals surface area contributed by atoms with E-state index < -0.39 is 11.0 Å². The second-order valence-electron chi connectivity index (χ2n) is 9.61. The minimum atomic E-state index is -0.708. The molecule has 1 aromatic carbocycles. The fourth-order valence-electron chi connectivity index (χ4n) is 5.61. The van der Waals surface area contributed by atoms with Crippen molar-refractivity contribution in [2.45, 2.75) is 49.2 Å². The topological polar surface area (TPSA) is 83.0 Å². The second kappa shape index (κ2) is 7.04. The van der Waals surface area contributed by atoms with Gasteiger partial charge < -0.3 is 19.6 Å². The van der Waals surface area contributed by atoms with Crippen LogP contribution in [0.25, 0.3) is 0 Å². The highest BCUT2D eigenvalue weighted by atomic mass is 16.6. The number of piperidine rings is 1. The number of pyridine rings is 1. The molecule has 2 saturated heterocycles. The fraction of sp³-hybridized carbons (Fsp3) is 0.480. The Hall–Kier alpha value is -2.93. The maximum Gasteiger partial charge on any atom is 0.339 e. The Morgan fingerprint density at radius 2 is 1.84 bits per heavy atom. The third-order valence-corrected chi connectivity index (χ3v) is 7.69. The highest BCUT2D eigenvalue weighted by molar-refractivity contribution is 5.96. The molecule has 3 fully saturated rings. The largest absolute Gasteiger partial charge is 0.449 e. The number of aliphatic hydroxyl groups excluding tert-OH is 1. The summed E-state index contributed by atoms with van der Waals surface area (Å²) < 4.78 is 5.82. The van der Waals surface area contributed by atoms with Crippen molar-refractivity contribution in [1.82, 2.24) is 9.88 Å². The van der Waals surface area contributed by atoms with Gasteiger partial charge in [0, 0.05) is 37.8 Å². The number of nitrogens with zero attached hydrogens (tertiary/aromatic N) is 3. The van der Waals surface area contributed by atoms with Crippen LogP contribution < -0.4 is 4.90 Å². The highest BCUT2D eigenvalue weighted by Crippen LogP contribution is 2.52. The lowest BCUT2D eigenvalue weighted by Gasteiger charge is -2.31. The van der Waals surface area contributed by atoms with Crippen molar-refractivity contribution in [2.24, 2.45) is 0 Å². The van der Waals surface area contributed by atoms with Gasteiger partial charge in [-0.2, -0.15) is 0 Å². The van der Waals surface area contributed by atoms with Gasteiger partial charge in [0.05, 0.1) is 23.6 Å². The van der Waals surface area contributed by atoms with Gasteiger partial charge in [-0.1, -0.05) is 24.3 Å². The van der Waals surface area contributed by atoms with Gasteiger partial charge in [0.15, 0.2) is 5.60 Å². The number of esters is 1. The van der Waals surface area contributed by atoms with Gasteiger partial charge >= 0.3 is 5.97 Å². The zero-order chi connectivity index (χ0) is 21.9. The lowest BCUT2D eigenvalue weighted by molar-refractivity contribution is -0.134. The summed E-state index contributed by atoms with van der Waals surface area (Å²) >= 11 is 0. The van der Waals surface area contributed by atoms with E-state index in [1.807, 2.05) is 41.4 Å². The molecule has 3 aliphatic heterocycles. The normalized spacial score (nSPS) is 26.3. The quantitative estimate of drug-likeness (QED) is 0.749. The standard InChI is InChI=1S/C25H27N3O4/c29-18-7-12-27(13-8-18)21-6-5-17(15-26-21)24(9-10-24)23(31)28-14-11-25(16-28)20-4-2-1-3-19(20)22(30)32-25/h1-6,15,18,29H,7-14,16H2/t25-/m0/s1. The summed E-state index contributed by atoms with van der Waals surface area (Å²) in [6.45, 7) is 2.60. The third-order valence-electron chi connectivity index (χ3n) is 7.69. The second-order valence-corrected chi connectivity index (χ2v) is 9.61. The molecule has 4 aliphatic rings. The van der Waals surface area contributed by atoms with Crippen LogP contribution in [0.3, 0.4) is 0 Å². The predicted octanol–water partition coefficient (Wildman–Crippen LogP) is 2.37. The SMILES string of the molecule is O=C1O[C@]2(CCN(C(=O)C3(c4ccc(N5CCC(O)CC5)nc4)CC3)C2)c2ccccc21. The number of rotatable bonds is 3. The van der Waals surface area contributed by atoms with Crippen molar-refractivity contribution in [3.63, 3.8) is 0 Å². The van der Waals surface area contributed by atoms with Crippen molar-refractivity contribution in [1.29, 1.82) is 0 Å². The molecular formula is C25H27N3O4. The Kier molecular flexibility index (Phi) is 4.34. The Bertz CT molecular complexity index is 1070. The number of anilines is 1. The Balaban J connectivity index is 1.20. The fourth-order valence-corrected chi connectivity index (χ4v) is 5.61. The number of aromatic nitrogens is 1. The van der Waals surface area contributed by atoms with Crippen LogP contribution in [0.1, 0.15) is 53.6 Å². The Morgan fingerprint density at radius 1 is 1.06 bits per heavy atom. The summed E-state index contributed by atoms with van der Waals surface area (Å²) in [6.07, 6.45) is 5.43. The first kappa shape index (κ1) is 19.7. The van der Waals surface area contributed by atoms with Gasteiger partial charge in [-0.15, -0.1) is 0 Å². The monoisotopic (exact) mass is 433 g/mol. The summed E-state index contributed by atoms with van der Waals surface area (Å²) in [7, 11) is 0. The van der Waals surface area contributed by atoms with Crippen molar-refractivity contribution in [3.8, 4) is 0 Å². The summed E-state index contributed by atoms with van der Waals surface area (Å²) in [5, 5.41) is 9.73. The van der Waals surface area contributed by atoms with Gasteiger partial charge in [0.1, 0.15) is 5.82 Å². The zero-order valence-corrected chi connectivity index (χ0v) is 18.0. The van der Waals surface area contributed by atoms with E-state index in [4.69, 9.17) is 4.74 Å². The minimum absolute atomic E-state index is 0.116. The lowest BCUT2D eigenvalue weighted by Crippen LogP contribution is -2.40. The number of carbonyl (C=O) groups excluding carboxylic acids is 2. The maximum absolute atomic E-state index is 13.6. The molecule has 166 valence electrons. The lowest BCUT2D eigenvalue weighted by atomic mass is 9.91. The molecule has 1 spiro atoms. The molecule has 32 heavy (non-hydrogen) atoms. The van der Waals surface area contributed by atoms with Crippen LogP contribution in [0.5, 0.6) is 0 Å². The van der Waals surface area contributed by atoms with E-state index in [0.717, 1.165) is 55.7 Å². The van der Waals surface area contributed by atoms with Crippen LogP contribution >= 0.6 is 0 Å². The summed E-state index contributed by atoms with van der Waals surface area (Å²) in [4.78, 5) is 34.7. The van der Waals surface area contributed by atoms with Crippen LogP contribution in [0.2, 0.25) is 0 Å². The Morgan fingerprint density at radius 3 is 2.56 bits per heavy atom. The number of likely N-dealkylation sites (tertiary alicyclic amines) is 1. The molecular weight excluding hydrogens is 406 g/mol. The van der Waals surface area contributed by atoms with Crippen molar-refractivity contribution in [2.75, 3.05) is 31.1 Å². The first-order chi connectivity index (χ1) is 15.5. The van der Waals surface area contributed by atoms with Crippen LogP contribution in [0.4, 0.5) is 5.82 Å². The molecule has 7 heteroatoms. The van der Waals surface area contributed by atoms with Gasteiger partial charge in [-0.05, 0) is 43.4 Å². The first-order valence-electron chi connectivity index (χ1n) is 11.5. The van der Waals surface area contributed by atoms with Gasteiger partial charge in [-0.3, -0.25) is 4.79 Å². The number of carbonyl (C=O) groups is 2. The molecule has 1 saturated carbocycles. The van der Waals surface area contributed by atoms with Crippen LogP contribution in [0.15, 0.2) is 42.6 Å². The molecule has 1 amide bonds. The van der Waals surface area contributed by atoms with Gasteiger partial charge in [0.2, 0.25) is 5.91 Å². The number of amides is 1. The molecule has 0 bridgehead atoms. The average Bonchev–Trinajstić information content (AvgIpc) is 3.46. The van der Waals surface area contributed by atoms with E-state index in [9.17, 15) is 14.7 Å². The summed E-state index contributed by atoms with van der Waals surface area (Å²) in [5.74, 6) is 0.727. The number of fused-ring (bicyclic) bond motifs is 2. The molecule has 4 heterocycles. The number of aliphatic hydroxyl groups is 1. The summed E-state index contributed by atoms with van der Waals surface area (Å²) in [5.41, 5.74) is 1.28. The van der Waals surface area contributed by atoms with E-state index in [2.05, 4.69) is 9.88 Å². The minimum Gasteiger partial charge on any atom is -0.449 e. The molecule has 1 atom stereocenters. The van der Waals surface area contributed by atoms with E-state index in [1.54, 1.807) is 6.07 Å². The molecule has 1 N–H and O–H groups in total. The Labute approximate surface area is 187 Å². The maximum atomic E-state index is 13.6. The first-order valence-corrected chi connectivity index (χ1v) is 11.5. The molecule has 0 unspecified atom stereocenters. The number of benzene rings is 1. The molecule has 1 aliphatic carbocycles. The van der Waals surface area contributed by atoms with Crippen LogP contribution in [-0.2, 0) is 20.5 Å².